The molecule has 1 aromatic heterocycles. The summed E-state index contributed by atoms with van der Waals surface area (Å²) in [5.74, 6) is -0.464. The number of carbonyl (C=O) groups is 1. The Labute approximate surface area is 116 Å². The van der Waals surface area contributed by atoms with Crippen molar-refractivity contribution in [3.05, 3.63) is 32.6 Å². The average molecular weight is 281 g/mol. The first-order valence-electron chi connectivity index (χ1n) is 6.85. The van der Waals surface area contributed by atoms with Crippen LogP contribution in [0.1, 0.15) is 36.5 Å². The Balaban J connectivity index is 2.25. The van der Waals surface area contributed by atoms with Gasteiger partial charge in [0, 0.05) is 19.3 Å². The zero-order valence-corrected chi connectivity index (χ0v) is 11.5. The molecular formula is C13H19N3O4. The lowest BCUT2D eigenvalue weighted by atomic mass is 10.2. The van der Waals surface area contributed by atoms with Crippen molar-refractivity contribution in [2.45, 2.75) is 38.8 Å². The van der Waals surface area contributed by atoms with Crippen molar-refractivity contribution in [2.24, 2.45) is 0 Å². The average Bonchev–Trinajstić information content (AvgIpc) is 2.94. The van der Waals surface area contributed by atoms with E-state index >= 15 is 0 Å². The fourth-order valence-electron chi connectivity index (χ4n) is 2.17. The minimum absolute atomic E-state index is 0.0453. The van der Waals surface area contributed by atoms with E-state index in [2.05, 4.69) is 10.3 Å². The molecule has 1 aliphatic heterocycles. The van der Waals surface area contributed by atoms with Crippen LogP contribution in [0, 0.1) is 0 Å². The van der Waals surface area contributed by atoms with Crippen molar-refractivity contribution in [3.63, 3.8) is 0 Å². The van der Waals surface area contributed by atoms with E-state index in [9.17, 15) is 14.4 Å². The zero-order valence-electron chi connectivity index (χ0n) is 11.5. The van der Waals surface area contributed by atoms with Crippen LogP contribution in [0.5, 0.6) is 0 Å². The molecule has 7 heteroatoms. The second-order valence-electron chi connectivity index (χ2n) is 4.81. The van der Waals surface area contributed by atoms with Crippen molar-refractivity contribution in [2.75, 3.05) is 13.2 Å². The van der Waals surface area contributed by atoms with Gasteiger partial charge < -0.3 is 15.0 Å². The molecule has 20 heavy (non-hydrogen) atoms. The summed E-state index contributed by atoms with van der Waals surface area (Å²) >= 11 is 0. The molecule has 1 saturated heterocycles. The number of rotatable bonds is 5. The van der Waals surface area contributed by atoms with Gasteiger partial charge in [-0.15, -0.1) is 0 Å². The predicted octanol–water partition coefficient (Wildman–Crippen LogP) is -0.145. The lowest BCUT2D eigenvalue weighted by molar-refractivity contribution is 0.0923. The highest BCUT2D eigenvalue weighted by Crippen LogP contribution is 2.12. The molecule has 0 spiro atoms. The molecule has 0 aliphatic carbocycles. The topological polar surface area (TPSA) is 93.2 Å². The van der Waals surface area contributed by atoms with E-state index in [1.165, 1.54) is 6.20 Å². The lowest BCUT2D eigenvalue weighted by Gasteiger charge is -2.11. The van der Waals surface area contributed by atoms with Crippen LogP contribution in [-0.2, 0) is 11.3 Å². The molecule has 0 saturated carbocycles. The second-order valence-corrected chi connectivity index (χ2v) is 4.81. The number of hydrogen-bond donors (Lipinski definition) is 2. The first kappa shape index (κ1) is 14.5. The van der Waals surface area contributed by atoms with E-state index in [1.54, 1.807) is 0 Å². The maximum absolute atomic E-state index is 12.2. The minimum atomic E-state index is -0.571. The summed E-state index contributed by atoms with van der Waals surface area (Å²) in [6, 6.07) is 0. The molecule has 0 aromatic carbocycles. The standard InChI is InChI=1S/C13H19N3O4/c1-2-5-14-11(17)10-7-15-13(19)16(12(10)18)8-9-4-3-6-20-9/h7,9H,2-6,8H2,1H3,(H,14,17)(H,15,19). The monoisotopic (exact) mass is 281 g/mol. The fourth-order valence-corrected chi connectivity index (χ4v) is 2.17. The number of aromatic nitrogens is 2. The van der Waals surface area contributed by atoms with Crippen LogP contribution in [0.3, 0.4) is 0 Å². The molecule has 2 N–H and O–H groups in total. The van der Waals surface area contributed by atoms with E-state index in [-0.39, 0.29) is 18.2 Å². The van der Waals surface area contributed by atoms with E-state index < -0.39 is 17.2 Å². The summed E-state index contributed by atoms with van der Waals surface area (Å²) in [5, 5.41) is 2.62. The number of nitrogens with one attached hydrogen (secondary N) is 2. The van der Waals surface area contributed by atoms with Gasteiger partial charge >= 0.3 is 5.69 Å². The number of ether oxygens (including phenoxy) is 1. The molecule has 1 aromatic rings. The maximum atomic E-state index is 12.2. The normalized spacial score (nSPS) is 18.1. The smallest absolute Gasteiger partial charge is 0.328 e. The molecule has 1 unspecified atom stereocenters. The van der Waals surface area contributed by atoms with E-state index in [0.717, 1.165) is 23.8 Å². The Bertz CT molecular complexity index is 584. The first-order chi connectivity index (χ1) is 9.63. The number of hydrogen-bond acceptors (Lipinski definition) is 4. The van der Waals surface area contributed by atoms with Gasteiger partial charge in [-0.2, -0.15) is 0 Å². The Kier molecular flexibility index (Phi) is 4.73. The summed E-state index contributed by atoms with van der Waals surface area (Å²) < 4.78 is 6.46. The minimum Gasteiger partial charge on any atom is -0.376 e. The largest absolute Gasteiger partial charge is 0.376 e. The van der Waals surface area contributed by atoms with Gasteiger partial charge in [-0.1, -0.05) is 6.92 Å². The summed E-state index contributed by atoms with van der Waals surface area (Å²) in [7, 11) is 0. The zero-order chi connectivity index (χ0) is 14.5. The van der Waals surface area contributed by atoms with Crippen LogP contribution in [0.4, 0.5) is 0 Å². The molecule has 1 amide bonds. The SMILES string of the molecule is CCCNC(=O)c1c[nH]c(=O)n(CC2CCCO2)c1=O. The number of aromatic amines is 1. The summed E-state index contributed by atoms with van der Waals surface area (Å²) in [5.41, 5.74) is -1.13. The second kappa shape index (κ2) is 6.51. The molecule has 0 bridgehead atoms. The molecule has 1 atom stereocenters. The van der Waals surface area contributed by atoms with Crippen LogP contribution in [0.2, 0.25) is 0 Å². The molecule has 1 aliphatic rings. The summed E-state index contributed by atoms with van der Waals surface area (Å²) in [6.45, 7) is 3.24. The molecule has 2 rings (SSSR count). The molecule has 0 radical (unpaired) electrons. The number of amides is 1. The van der Waals surface area contributed by atoms with Gasteiger partial charge in [-0.3, -0.25) is 14.2 Å². The van der Waals surface area contributed by atoms with Crippen LogP contribution < -0.4 is 16.6 Å². The van der Waals surface area contributed by atoms with Crippen LogP contribution in [-0.4, -0.2) is 34.7 Å². The van der Waals surface area contributed by atoms with Crippen LogP contribution >= 0.6 is 0 Å². The van der Waals surface area contributed by atoms with Gasteiger partial charge in [-0.05, 0) is 19.3 Å². The summed E-state index contributed by atoms with van der Waals surface area (Å²) in [4.78, 5) is 38.2. The summed E-state index contributed by atoms with van der Waals surface area (Å²) in [6.07, 6.45) is 3.55. The van der Waals surface area contributed by atoms with Crippen molar-refractivity contribution in [1.82, 2.24) is 14.9 Å². The van der Waals surface area contributed by atoms with Crippen molar-refractivity contribution in [1.29, 1.82) is 0 Å². The third kappa shape index (κ3) is 3.16. The van der Waals surface area contributed by atoms with Crippen LogP contribution in [0.25, 0.3) is 0 Å². The third-order valence-corrected chi connectivity index (χ3v) is 3.25. The third-order valence-electron chi connectivity index (χ3n) is 3.25. The highest BCUT2D eigenvalue weighted by Gasteiger charge is 2.20. The molecule has 2 heterocycles. The Morgan fingerprint density at radius 1 is 1.55 bits per heavy atom. The fraction of sp³-hybridized carbons (Fsp3) is 0.615. The molecule has 110 valence electrons. The first-order valence-corrected chi connectivity index (χ1v) is 6.85. The van der Waals surface area contributed by atoms with Gasteiger partial charge in [0.15, 0.2) is 0 Å². The quantitative estimate of drug-likeness (QED) is 0.785. The Morgan fingerprint density at radius 2 is 2.35 bits per heavy atom. The van der Waals surface area contributed by atoms with Crippen molar-refractivity contribution in [3.8, 4) is 0 Å². The highest BCUT2D eigenvalue weighted by molar-refractivity contribution is 5.93. The van der Waals surface area contributed by atoms with E-state index in [0.29, 0.717) is 13.2 Å². The Morgan fingerprint density at radius 3 is 3.00 bits per heavy atom. The highest BCUT2D eigenvalue weighted by atomic mass is 16.5. The van der Waals surface area contributed by atoms with E-state index in [1.807, 2.05) is 6.92 Å². The van der Waals surface area contributed by atoms with E-state index in [4.69, 9.17) is 4.74 Å². The van der Waals surface area contributed by atoms with Crippen molar-refractivity contribution < 1.29 is 9.53 Å². The maximum Gasteiger partial charge on any atom is 0.328 e. The molecular weight excluding hydrogens is 262 g/mol. The van der Waals surface area contributed by atoms with Crippen molar-refractivity contribution >= 4 is 5.91 Å². The van der Waals surface area contributed by atoms with Gasteiger partial charge in [-0.25, -0.2) is 4.79 Å². The molecule has 7 nitrogen and oxygen atoms in total. The number of nitrogens with zero attached hydrogens (tertiary/aromatic N) is 1. The van der Waals surface area contributed by atoms with Gasteiger partial charge in [0.1, 0.15) is 5.56 Å². The number of H-pyrrole nitrogens is 1. The van der Waals surface area contributed by atoms with Crippen LogP contribution in [0.15, 0.2) is 15.8 Å². The van der Waals surface area contributed by atoms with Gasteiger partial charge in [0.25, 0.3) is 11.5 Å². The number of carbonyl (C=O) groups excluding carboxylic acids is 1. The lowest BCUT2D eigenvalue weighted by Crippen LogP contribution is -2.42. The van der Waals surface area contributed by atoms with Gasteiger partial charge in [0.2, 0.25) is 0 Å². The molecule has 1 fully saturated rings. The predicted molar refractivity (Wildman–Crippen MR) is 72.9 cm³/mol. The Hall–Kier alpha value is -1.89. The van der Waals surface area contributed by atoms with Gasteiger partial charge in [0.05, 0.1) is 12.6 Å².